The molecule has 174 valence electrons. The molecule has 1 aromatic heterocycles. The minimum Gasteiger partial charge on any atom is -0.487 e. The van der Waals surface area contributed by atoms with Crippen molar-refractivity contribution < 1.29 is 26.7 Å². The van der Waals surface area contributed by atoms with Crippen LogP contribution in [0.4, 0.5) is 8.78 Å². The number of benzene rings is 2. The monoisotopic (exact) mass is 492 g/mol. The lowest BCUT2D eigenvalue weighted by Gasteiger charge is -2.32. The van der Waals surface area contributed by atoms with Gasteiger partial charge in [-0.15, -0.1) is 11.3 Å². The fourth-order valence-corrected chi connectivity index (χ4v) is 5.36. The van der Waals surface area contributed by atoms with Crippen LogP contribution in [0, 0.1) is 11.6 Å². The predicted octanol–water partition coefficient (Wildman–Crippen LogP) is 4.19. The lowest BCUT2D eigenvalue weighted by Crippen LogP contribution is -2.41. The molecule has 4 rings (SSSR count). The first-order valence-electron chi connectivity index (χ1n) is 10.3. The molecule has 1 N–H and O–H groups in total. The maximum Gasteiger partial charge on any atom is 0.253 e. The third-order valence-electron chi connectivity index (χ3n) is 5.32. The van der Waals surface area contributed by atoms with Crippen molar-refractivity contribution in [3.05, 3.63) is 82.1 Å². The van der Waals surface area contributed by atoms with Gasteiger partial charge in [0.2, 0.25) is 10.0 Å². The zero-order chi connectivity index (χ0) is 23.4. The fraction of sp³-hybridized carbons (Fsp3) is 0.261. The van der Waals surface area contributed by atoms with Gasteiger partial charge in [-0.1, -0.05) is 12.1 Å². The number of hydrogen-bond acceptors (Lipinski definition) is 5. The third kappa shape index (κ3) is 5.76. The van der Waals surface area contributed by atoms with Crippen LogP contribution in [0.3, 0.4) is 0 Å². The van der Waals surface area contributed by atoms with Gasteiger partial charge in [0.15, 0.2) is 11.6 Å². The average Bonchev–Trinajstić information content (AvgIpc) is 3.34. The first kappa shape index (κ1) is 23.3. The largest absolute Gasteiger partial charge is 0.487 e. The molecule has 0 bridgehead atoms. The van der Waals surface area contributed by atoms with E-state index in [1.807, 2.05) is 17.5 Å². The van der Waals surface area contributed by atoms with E-state index < -0.39 is 21.7 Å². The molecule has 1 fully saturated rings. The molecular weight excluding hydrogens is 470 g/mol. The molecule has 1 amide bonds. The smallest absolute Gasteiger partial charge is 0.253 e. The topological polar surface area (TPSA) is 75.7 Å². The van der Waals surface area contributed by atoms with E-state index in [0.29, 0.717) is 25.9 Å². The summed E-state index contributed by atoms with van der Waals surface area (Å²) in [5.74, 6) is -1.74. The zero-order valence-electron chi connectivity index (χ0n) is 17.5. The third-order valence-corrected chi connectivity index (χ3v) is 7.60. The number of sulfonamides is 1. The highest BCUT2D eigenvalue weighted by atomic mass is 32.2. The SMILES string of the molecule is O=C(c1cccc(S(=O)(=O)NCc2cccs2)c1)N1CCC(Oc2ccc(F)cc2F)CC1. The Kier molecular flexibility index (Phi) is 7.06. The van der Waals surface area contributed by atoms with Crippen molar-refractivity contribution >= 4 is 27.3 Å². The van der Waals surface area contributed by atoms with Crippen molar-refractivity contribution in [1.29, 1.82) is 0 Å². The molecule has 6 nitrogen and oxygen atoms in total. The Hall–Kier alpha value is -2.82. The van der Waals surface area contributed by atoms with E-state index in [4.69, 9.17) is 4.74 Å². The van der Waals surface area contributed by atoms with Crippen LogP contribution in [-0.4, -0.2) is 38.4 Å². The molecule has 0 atom stereocenters. The average molecular weight is 493 g/mol. The van der Waals surface area contributed by atoms with Crippen LogP contribution < -0.4 is 9.46 Å². The lowest BCUT2D eigenvalue weighted by molar-refractivity contribution is 0.0588. The van der Waals surface area contributed by atoms with E-state index in [2.05, 4.69) is 4.72 Å². The Bertz CT molecular complexity index is 1230. The number of nitrogens with zero attached hydrogens (tertiary/aromatic N) is 1. The molecule has 2 heterocycles. The molecule has 0 aliphatic carbocycles. The highest BCUT2D eigenvalue weighted by molar-refractivity contribution is 7.89. The molecule has 0 saturated carbocycles. The zero-order valence-corrected chi connectivity index (χ0v) is 19.2. The van der Waals surface area contributed by atoms with Crippen LogP contribution in [0.15, 0.2) is 64.9 Å². The second-order valence-electron chi connectivity index (χ2n) is 7.62. The van der Waals surface area contributed by atoms with Gasteiger partial charge in [0.25, 0.3) is 5.91 Å². The van der Waals surface area contributed by atoms with Gasteiger partial charge in [-0.25, -0.2) is 21.9 Å². The summed E-state index contributed by atoms with van der Waals surface area (Å²) >= 11 is 1.45. The van der Waals surface area contributed by atoms with Crippen molar-refractivity contribution in [3.8, 4) is 5.75 Å². The van der Waals surface area contributed by atoms with Gasteiger partial charge in [-0.2, -0.15) is 0 Å². The van der Waals surface area contributed by atoms with Crippen molar-refractivity contribution in [2.45, 2.75) is 30.4 Å². The Morgan fingerprint density at radius 2 is 1.88 bits per heavy atom. The Morgan fingerprint density at radius 1 is 1.09 bits per heavy atom. The van der Waals surface area contributed by atoms with Gasteiger partial charge in [0.05, 0.1) is 4.90 Å². The van der Waals surface area contributed by atoms with Gasteiger partial charge in [-0.05, 0) is 41.8 Å². The number of hydrogen-bond donors (Lipinski definition) is 1. The molecule has 3 aromatic rings. The van der Waals surface area contributed by atoms with Crippen molar-refractivity contribution in [2.75, 3.05) is 13.1 Å². The van der Waals surface area contributed by atoms with Crippen LogP contribution in [0.25, 0.3) is 0 Å². The van der Waals surface area contributed by atoms with Gasteiger partial charge >= 0.3 is 0 Å². The van der Waals surface area contributed by atoms with E-state index in [9.17, 15) is 22.0 Å². The first-order valence-corrected chi connectivity index (χ1v) is 12.7. The van der Waals surface area contributed by atoms with Crippen LogP contribution >= 0.6 is 11.3 Å². The second kappa shape index (κ2) is 9.98. The highest BCUT2D eigenvalue weighted by Crippen LogP contribution is 2.24. The Labute approximate surface area is 194 Å². The van der Waals surface area contributed by atoms with Crippen LogP contribution in [0.2, 0.25) is 0 Å². The van der Waals surface area contributed by atoms with Crippen molar-refractivity contribution in [1.82, 2.24) is 9.62 Å². The number of nitrogens with one attached hydrogen (secondary N) is 1. The standard InChI is InChI=1S/C23H22F2N2O4S2/c24-17-6-7-22(21(25)14-17)31-18-8-10-27(11-9-18)23(28)16-3-1-5-20(13-16)33(29,30)26-15-19-4-2-12-32-19/h1-7,12-14,18,26H,8-11,15H2. The van der Waals surface area contributed by atoms with E-state index in [0.717, 1.165) is 17.0 Å². The number of carbonyl (C=O) groups is 1. The van der Waals surface area contributed by atoms with E-state index in [1.165, 1.54) is 29.5 Å². The second-order valence-corrected chi connectivity index (χ2v) is 10.4. The molecule has 0 radical (unpaired) electrons. The van der Waals surface area contributed by atoms with Gasteiger partial charge < -0.3 is 9.64 Å². The molecular formula is C23H22F2N2O4S2. The quantitative estimate of drug-likeness (QED) is 0.537. The number of piperidine rings is 1. The summed E-state index contributed by atoms with van der Waals surface area (Å²) in [6.45, 7) is 0.931. The molecule has 0 unspecified atom stereocenters. The maximum absolute atomic E-state index is 13.8. The fourth-order valence-electron chi connectivity index (χ4n) is 3.57. The van der Waals surface area contributed by atoms with Crippen molar-refractivity contribution in [3.63, 3.8) is 0 Å². The summed E-state index contributed by atoms with van der Waals surface area (Å²) < 4.78 is 60.3. The molecule has 1 saturated heterocycles. The number of halogens is 2. The summed E-state index contributed by atoms with van der Waals surface area (Å²) in [6.07, 6.45) is 0.647. The minimum absolute atomic E-state index is 0.0193. The summed E-state index contributed by atoms with van der Waals surface area (Å²) in [5.41, 5.74) is 0.276. The van der Waals surface area contributed by atoms with E-state index in [-0.39, 0.29) is 34.8 Å². The number of likely N-dealkylation sites (tertiary alicyclic amines) is 1. The molecule has 10 heteroatoms. The Morgan fingerprint density at radius 3 is 2.58 bits per heavy atom. The summed E-state index contributed by atoms with van der Waals surface area (Å²) in [4.78, 5) is 15.5. The predicted molar refractivity (Wildman–Crippen MR) is 121 cm³/mol. The number of ether oxygens (including phenoxy) is 1. The highest BCUT2D eigenvalue weighted by Gasteiger charge is 2.26. The molecule has 0 spiro atoms. The number of amides is 1. The van der Waals surface area contributed by atoms with Crippen LogP contribution in [0.5, 0.6) is 5.75 Å². The summed E-state index contributed by atoms with van der Waals surface area (Å²) in [5, 5.41) is 1.87. The normalized spacial score (nSPS) is 14.9. The minimum atomic E-state index is -3.77. The molecule has 2 aromatic carbocycles. The van der Waals surface area contributed by atoms with Crippen LogP contribution in [-0.2, 0) is 16.6 Å². The number of rotatable bonds is 7. The maximum atomic E-state index is 13.8. The lowest BCUT2D eigenvalue weighted by atomic mass is 10.1. The summed E-state index contributed by atoms with van der Waals surface area (Å²) in [6, 6.07) is 12.8. The Balaban J connectivity index is 1.37. The van der Waals surface area contributed by atoms with Gasteiger partial charge in [0.1, 0.15) is 11.9 Å². The molecule has 1 aliphatic rings. The first-order chi connectivity index (χ1) is 15.8. The van der Waals surface area contributed by atoms with E-state index >= 15 is 0 Å². The molecule has 1 aliphatic heterocycles. The molecule has 33 heavy (non-hydrogen) atoms. The number of carbonyl (C=O) groups excluding carboxylic acids is 1. The summed E-state index contributed by atoms with van der Waals surface area (Å²) in [7, 11) is -3.77. The number of thiophene rings is 1. The van der Waals surface area contributed by atoms with Gasteiger partial charge in [-0.3, -0.25) is 4.79 Å². The van der Waals surface area contributed by atoms with Crippen molar-refractivity contribution in [2.24, 2.45) is 0 Å². The van der Waals surface area contributed by atoms with Crippen LogP contribution in [0.1, 0.15) is 28.1 Å². The van der Waals surface area contributed by atoms with E-state index in [1.54, 1.807) is 17.0 Å². The van der Waals surface area contributed by atoms with Gasteiger partial charge in [0, 0.05) is 49.0 Å².